The molecule has 0 aliphatic heterocycles. The Morgan fingerprint density at radius 2 is 1.77 bits per heavy atom. The Hall–Kier alpha value is -2.45. The van der Waals surface area contributed by atoms with Crippen molar-refractivity contribution in [2.75, 3.05) is 10.8 Å². The molecular weight excluding hydrogens is 445 g/mol. The Labute approximate surface area is 187 Å². The molecule has 1 amide bonds. The van der Waals surface area contributed by atoms with Crippen LogP contribution in [0.3, 0.4) is 0 Å². The molecule has 0 bridgehead atoms. The van der Waals surface area contributed by atoms with E-state index in [1.165, 1.54) is 4.31 Å². The SMILES string of the molecule is O=C(NCc1cccnc1)c1ccc(N(CCc2c(Cl)cccc2Cl)S(=O)[O-])cc1. The van der Waals surface area contributed by atoms with E-state index >= 15 is 0 Å². The first-order valence-corrected chi connectivity index (χ1v) is 10.8. The molecular formula is C21H18Cl2N3O3S-. The van der Waals surface area contributed by atoms with Gasteiger partial charge >= 0.3 is 0 Å². The zero-order chi connectivity index (χ0) is 21.5. The first kappa shape index (κ1) is 22.2. The van der Waals surface area contributed by atoms with Gasteiger partial charge in [-0.25, -0.2) is 0 Å². The maximum absolute atomic E-state index is 12.3. The lowest BCUT2D eigenvalue weighted by molar-refractivity contribution is 0.0951. The minimum atomic E-state index is -2.50. The Bertz CT molecular complexity index is 1010. The lowest BCUT2D eigenvalue weighted by Gasteiger charge is -2.27. The predicted octanol–water partition coefficient (Wildman–Crippen LogP) is 4.16. The van der Waals surface area contributed by atoms with E-state index in [1.54, 1.807) is 60.9 Å². The Kier molecular flexibility index (Phi) is 7.81. The Morgan fingerprint density at radius 1 is 1.07 bits per heavy atom. The average Bonchev–Trinajstić information content (AvgIpc) is 2.75. The third-order valence-electron chi connectivity index (χ3n) is 4.40. The van der Waals surface area contributed by atoms with Crippen molar-refractivity contribution in [3.63, 3.8) is 0 Å². The number of hydrogen-bond donors (Lipinski definition) is 1. The van der Waals surface area contributed by atoms with E-state index in [2.05, 4.69) is 10.3 Å². The molecule has 1 aromatic heterocycles. The van der Waals surface area contributed by atoms with Gasteiger partial charge in [0.15, 0.2) is 0 Å². The number of nitrogens with zero attached hydrogens (tertiary/aromatic N) is 2. The van der Waals surface area contributed by atoms with Gasteiger partial charge in [0.25, 0.3) is 5.91 Å². The van der Waals surface area contributed by atoms with Gasteiger partial charge in [-0.1, -0.05) is 35.3 Å². The van der Waals surface area contributed by atoms with Crippen LogP contribution in [0.15, 0.2) is 67.0 Å². The van der Waals surface area contributed by atoms with Crippen molar-refractivity contribution < 1.29 is 13.6 Å². The molecule has 3 aromatic rings. The molecule has 6 nitrogen and oxygen atoms in total. The van der Waals surface area contributed by atoms with Crippen LogP contribution in [0, 0.1) is 0 Å². The number of halogens is 2. The van der Waals surface area contributed by atoms with Crippen LogP contribution in [-0.4, -0.2) is 26.2 Å². The molecule has 0 saturated carbocycles. The third-order valence-corrected chi connectivity index (χ3v) is 5.86. The van der Waals surface area contributed by atoms with Gasteiger partial charge in [0, 0.05) is 58.0 Å². The minimum Gasteiger partial charge on any atom is -0.755 e. The maximum atomic E-state index is 12.3. The highest BCUT2D eigenvalue weighted by molar-refractivity contribution is 7.80. The summed E-state index contributed by atoms with van der Waals surface area (Å²) in [6.07, 6.45) is 3.69. The molecule has 1 heterocycles. The Balaban J connectivity index is 1.66. The second kappa shape index (κ2) is 10.5. The van der Waals surface area contributed by atoms with Gasteiger partial charge in [-0.2, -0.15) is 0 Å². The summed E-state index contributed by atoms with van der Waals surface area (Å²) in [7, 11) is 0. The summed E-state index contributed by atoms with van der Waals surface area (Å²) in [6, 6.07) is 15.1. The number of rotatable bonds is 8. The van der Waals surface area contributed by atoms with Crippen LogP contribution < -0.4 is 9.62 Å². The van der Waals surface area contributed by atoms with Gasteiger partial charge in [-0.05, 0) is 60.0 Å². The number of nitrogens with one attached hydrogen (secondary N) is 1. The van der Waals surface area contributed by atoms with Crippen LogP contribution in [0.25, 0.3) is 0 Å². The molecule has 0 spiro atoms. The molecule has 0 saturated heterocycles. The average molecular weight is 463 g/mol. The molecule has 9 heteroatoms. The van der Waals surface area contributed by atoms with Crippen LogP contribution in [0.4, 0.5) is 5.69 Å². The summed E-state index contributed by atoms with van der Waals surface area (Å²) >= 11 is 9.83. The number of anilines is 1. The molecule has 30 heavy (non-hydrogen) atoms. The van der Waals surface area contributed by atoms with Crippen molar-refractivity contribution in [2.24, 2.45) is 0 Å². The zero-order valence-corrected chi connectivity index (χ0v) is 18.1. The molecule has 0 aliphatic rings. The number of amides is 1. The van der Waals surface area contributed by atoms with Crippen LogP contribution in [0.5, 0.6) is 0 Å². The number of carbonyl (C=O) groups excluding carboxylic acids is 1. The van der Waals surface area contributed by atoms with Crippen LogP contribution >= 0.6 is 23.2 Å². The van der Waals surface area contributed by atoms with E-state index in [4.69, 9.17) is 23.2 Å². The van der Waals surface area contributed by atoms with E-state index in [0.29, 0.717) is 39.8 Å². The third kappa shape index (κ3) is 5.79. The number of carbonyl (C=O) groups is 1. The van der Waals surface area contributed by atoms with Crippen molar-refractivity contribution >= 4 is 46.1 Å². The fraction of sp³-hybridized carbons (Fsp3) is 0.143. The summed E-state index contributed by atoms with van der Waals surface area (Å²) in [5, 5.41) is 3.77. The van der Waals surface area contributed by atoms with Gasteiger partial charge in [0.05, 0.1) is 0 Å². The zero-order valence-electron chi connectivity index (χ0n) is 15.8. The molecule has 0 fully saturated rings. The predicted molar refractivity (Wildman–Crippen MR) is 118 cm³/mol. The maximum Gasteiger partial charge on any atom is 0.251 e. The lowest BCUT2D eigenvalue weighted by Crippen LogP contribution is -2.28. The summed E-state index contributed by atoms with van der Waals surface area (Å²) < 4.78 is 24.7. The van der Waals surface area contributed by atoms with Crippen molar-refractivity contribution in [3.05, 3.63) is 93.7 Å². The quantitative estimate of drug-likeness (QED) is 0.509. The summed E-state index contributed by atoms with van der Waals surface area (Å²) in [5.41, 5.74) is 2.43. The minimum absolute atomic E-state index is 0.159. The molecule has 156 valence electrons. The fourth-order valence-electron chi connectivity index (χ4n) is 2.84. The van der Waals surface area contributed by atoms with Crippen molar-refractivity contribution in [1.82, 2.24) is 10.3 Å². The van der Waals surface area contributed by atoms with E-state index in [-0.39, 0.29) is 12.5 Å². The van der Waals surface area contributed by atoms with Crippen LogP contribution in [-0.2, 0) is 24.2 Å². The van der Waals surface area contributed by atoms with Gasteiger partial charge in [0.1, 0.15) is 0 Å². The molecule has 1 unspecified atom stereocenters. The van der Waals surface area contributed by atoms with Crippen LogP contribution in [0.2, 0.25) is 10.0 Å². The standard InChI is InChI=1S/C21H19Cl2N3O3S/c22-19-4-1-5-20(23)18(19)10-12-26(30(28)29)17-8-6-16(7-9-17)21(27)25-14-15-3-2-11-24-13-15/h1-9,11,13H,10,12,14H2,(H,25,27)(H,28,29)/p-1. The van der Waals surface area contributed by atoms with Gasteiger partial charge < -0.3 is 14.2 Å². The van der Waals surface area contributed by atoms with E-state index < -0.39 is 11.3 Å². The van der Waals surface area contributed by atoms with E-state index in [1.807, 2.05) is 6.07 Å². The summed E-state index contributed by atoms with van der Waals surface area (Å²) in [6.45, 7) is 0.510. The molecule has 0 aliphatic carbocycles. The highest BCUT2D eigenvalue weighted by Crippen LogP contribution is 2.26. The first-order valence-electron chi connectivity index (χ1n) is 9.02. The molecule has 1 atom stereocenters. The summed E-state index contributed by atoms with van der Waals surface area (Å²) in [4.78, 5) is 16.3. The summed E-state index contributed by atoms with van der Waals surface area (Å²) in [5.74, 6) is -0.261. The van der Waals surface area contributed by atoms with Crippen molar-refractivity contribution in [1.29, 1.82) is 0 Å². The van der Waals surface area contributed by atoms with Crippen LogP contribution in [0.1, 0.15) is 21.5 Å². The number of aromatic nitrogens is 1. The van der Waals surface area contributed by atoms with E-state index in [0.717, 1.165) is 5.56 Å². The molecule has 3 rings (SSSR count). The molecule has 2 aromatic carbocycles. The van der Waals surface area contributed by atoms with Gasteiger partial charge in [-0.3, -0.25) is 14.0 Å². The normalized spacial score (nSPS) is 11.7. The second-order valence-electron chi connectivity index (χ2n) is 6.36. The first-order chi connectivity index (χ1) is 14.5. The highest BCUT2D eigenvalue weighted by Gasteiger charge is 2.13. The second-order valence-corrected chi connectivity index (χ2v) is 8.05. The molecule has 0 radical (unpaired) electrons. The topological polar surface area (TPSA) is 85.4 Å². The van der Waals surface area contributed by atoms with Crippen molar-refractivity contribution in [2.45, 2.75) is 13.0 Å². The fourth-order valence-corrected chi connectivity index (χ4v) is 3.96. The Morgan fingerprint density at radius 3 is 2.37 bits per heavy atom. The van der Waals surface area contributed by atoms with Crippen molar-refractivity contribution in [3.8, 4) is 0 Å². The van der Waals surface area contributed by atoms with Gasteiger partial charge in [0.2, 0.25) is 0 Å². The van der Waals surface area contributed by atoms with Gasteiger partial charge in [-0.15, -0.1) is 0 Å². The monoisotopic (exact) mass is 462 g/mol. The number of hydrogen-bond acceptors (Lipinski definition) is 4. The smallest absolute Gasteiger partial charge is 0.251 e. The highest BCUT2D eigenvalue weighted by atomic mass is 35.5. The molecule has 1 N–H and O–H groups in total. The number of pyridine rings is 1. The largest absolute Gasteiger partial charge is 0.755 e. The van der Waals surface area contributed by atoms with E-state index in [9.17, 15) is 13.6 Å². The number of benzene rings is 2. The lowest BCUT2D eigenvalue weighted by atomic mass is 10.1.